The number of thiocarbonyl (C=S) groups is 1. The number of benzene rings is 2. The fraction of sp³-hybridized carbons (Fsp3) is 0.211. The second-order valence-corrected chi connectivity index (χ2v) is 7.00. The Bertz CT molecular complexity index is 877. The van der Waals surface area contributed by atoms with Gasteiger partial charge in [-0.3, -0.25) is 25.8 Å². The summed E-state index contributed by atoms with van der Waals surface area (Å²) in [5.74, 6) is 0.780. The quantitative estimate of drug-likeness (QED) is 0.412. The first-order chi connectivity index (χ1) is 13.9. The van der Waals surface area contributed by atoms with Gasteiger partial charge >= 0.3 is 0 Å². The number of ether oxygens (including phenoxy) is 3. The number of carbonyl (C=O) groups excluding carboxylic acids is 2. The van der Waals surface area contributed by atoms with Crippen molar-refractivity contribution in [2.75, 3.05) is 20.3 Å². The van der Waals surface area contributed by atoms with Gasteiger partial charge in [0.15, 0.2) is 18.3 Å². The topological polar surface area (TPSA) is 97.9 Å². The Hall–Kier alpha value is -2.85. The summed E-state index contributed by atoms with van der Waals surface area (Å²) in [5.41, 5.74) is 5.82. The lowest BCUT2D eigenvalue weighted by molar-refractivity contribution is -0.124. The SMILES string of the molecule is COc1ccc(OCC(=O)NC(=S)NNC(=O)COc2ccc(C)cc2Br)cc1. The summed E-state index contributed by atoms with van der Waals surface area (Å²) in [6.45, 7) is 1.47. The Labute approximate surface area is 182 Å². The average molecular weight is 482 g/mol. The average Bonchev–Trinajstić information content (AvgIpc) is 2.70. The predicted octanol–water partition coefficient (Wildman–Crippen LogP) is 2.25. The lowest BCUT2D eigenvalue weighted by atomic mass is 10.2. The molecule has 3 N–H and O–H groups in total. The van der Waals surface area contributed by atoms with Crippen LogP contribution in [0.3, 0.4) is 0 Å². The molecule has 0 heterocycles. The number of aryl methyl sites for hydroxylation is 1. The van der Waals surface area contributed by atoms with Gasteiger partial charge in [0, 0.05) is 0 Å². The summed E-state index contributed by atoms with van der Waals surface area (Å²) in [4.78, 5) is 23.7. The molecule has 0 aliphatic heterocycles. The highest BCUT2D eigenvalue weighted by Gasteiger charge is 2.09. The second kappa shape index (κ2) is 11.2. The smallest absolute Gasteiger partial charge is 0.276 e. The van der Waals surface area contributed by atoms with Crippen LogP contribution < -0.4 is 30.4 Å². The minimum Gasteiger partial charge on any atom is -0.497 e. The van der Waals surface area contributed by atoms with E-state index in [0.717, 1.165) is 10.0 Å². The van der Waals surface area contributed by atoms with Crippen LogP contribution in [0.1, 0.15) is 5.56 Å². The van der Waals surface area contributed by atoms with Gasteiger partial charge in [-0.15, -0.1) is 0 Å². The summed E-state index contributed by atoms with van der Waals surface area (Å²) in [5, 5.41) is 2.31. The van der Waals surface area contributed by atoms with E-state index in [4.69, 9.17) is 26.4 Å². The van der Waals surface area contributed by atoms with Crippen LogP contribution in [-0.4, -0.2) is 37.3 Å². The number of nitrogens with one attached hydrogen (secondary N) is 3. The first kappa shape index (κ1) is 22.4. The fourth-order valence-corrected chi connectivity index (χ4v) is 2.82. The van der Waals surface area contributed by atoms with Crippen molar-refractivity contribution in [3.05, 3.63) is 52.5 Å². The molecule has 0 aromatic heterocycles. The third-order valence-electron chi connectivity index (χ3n) is 3.44. The monoisotopic (exact) mass is 481 g/mol. The molecule has 2 aromatic carbocycles. The van der Waals surface area contributed by atoms with E-state index in [0.29, 0.717) is 17.2 Å². The van der Waals surface area contributed by atoms with E-state index < -0.39 is 11.8 Å². The summed E-state index contributed by atoms with van der Waals surface area (Å²) in [7, 11) is 1.56. The summed E-state index contributed by atoms with van der Waals surface area (Å²) in [6, 6.07) is 12.3. The van der Waals surface area contributed by atoms with E-state index in [1.165, 1.54) is 0 Å². The molecule has 29 heavy (non-hydrogen) atoms. The Morgan fingerprint density at radius 2 is 1.62 bits per heavy atom. The highest BCUT2D eigenvalue weighted by molar-refractivity contribution is 9.10. The Morgan fingerprint density at radius 1 is 0.966 bits per heavy atom. The maximum atomic E-state index is 11.8. The lowest BCUT2D eigenvalue weighted by Gasteiger charge is -2.12. The first-order valence-corrected chi connectivity index (χ1v) is 9.62. The van der Waals surface area contributed by atoms with Gasteiger partial charge in [-0.25, -0.2) is 0 Å². The standard InChI is InChI=1S/C19H20BrN3O5S/c1-12-3-8-16(15(20)9-12)28-11-18(25)22-23-19(29)21-17(24)10-27-14-6-4-13(26-2)5-7-14/h3-9H,10-11H2,1-2H3,(H,22,25)(H2,21,23,24,29). The van der Waals surface area contributed by atoms with Crippen LogP contribution in [0, 0.1) is 6.92 Å². The van der Waals surface area contributed by atoms with Crippen molar-refractivity contribution < 1.29 is 23.8 Å². The van der Waals surface area contributed by atoms with Crippen LogP contribution in [0.2, 0.25) is 0 Å². The van der Waals surface area contributed by atoms with Gasteiger partial charge in [0.1, 0.15) is 17.2 Å². The highest BCUT2D eigenvalue weighted by Crippen LogP contribution is 2.25. The van der Waals surface area contributed by atoms with Crippen LogP contribution in [-0.2, 0) is 9.59 Å². The molecule has 0 saturated carbocycles. The molecule has 154 valence electrons. The largest absolute Gasteiger partial charge is 0.497 e. The van der Waals surface area contributed by atoms with E-state index in [2.05, 4.69) is 32.1 Å². The number of rotatable bonds is 7. The zero-order chi connectivity index (χ0) is 21.2. The van der Waals surface area contributed by atoms with Gasteiger partial charge in [-0.2, -0.15) is 0 Å². The van der Waals surface area contributed by atoms with Crippen LogP contribution in [0.15, 0.2) is 46.9 Å². The third-order valence-corrected chi connectivity index (χ3v) is 4.27. The molecule has 0 fully saturated rings. The molecule has 0 radical (unpaired) electrons. The lowest BCUT2D eigenvalue weighted by Crippen LogP contribution is -2.50. The van der Waals surface area contributed by atoms with E-state index in [1.807, 2.05) is 19.1 Å². The van der Waals surface area contributed by atoms with Crippen molar-refractivity contribution >= 4 is 45.1 Å². The molecule has 2 rings (SSSR count). The van der Waals surface area contributed by atoms with Crippen molar-refractivity contribution in [1.29, 1.82) is 0 Å². The van der Waals surface area contributed by atoms with Crippen LogP contribution in [0.4, 0.5) is 0 Å². The maximum absolute atomic E-state index is 11.8. The molecule has 0 spiro atoms. The zero-order valence-electron chi connectivity index (χ0n) is 15.8. The molecule has 8 nitrogen and oxygen atoms in total. The fourth-order valence-electron chi connectivity index (χ4n) is 2.04. The molecule has 2 aromatic rings. The van der Waals surface area contributed by atoms with Crippen molar-refractivity contribution in [1.82, 2.24) is 16.2 Å². The Kier molecular flexibility index (Phi) is 8.68. The number of methoxy groups -OCH3 is 1. The van der Waals surface area contributed by atoms with Gasteiger partial charge in [0.05, 0.1) is 11.6 Å². The molecule has 0 aliphatic carbocycles. The van der Waals surface area contributed by atoms with E-state index in [9.17, 15) is 9.59 Å². The van der Waals surface area contributed by atoms with Crippen molar-refractivity contribution in [2.45, 2.75) is 6.92 Å². The molecule has 2 amide bonds. The molecule has 0 saturated heterocycles. The predicted molar refractivity (Wildman–Crippen MR) is 115 cm³/mol. The van der Waals surface area contributed by atoms with Crippen molar-refractivity contribution in [2.24, 2.45) is 0 Å². The van der Waals surface area contributed by atoms with Crippen LogP contribution in [0.25, 0.3) is 0 Å². The molecule has 0 atom stereocenters. The zero-order valence-corrected chi connectivity index (χ0v) is 18.2. The van der Waals surface area contributed by atoms with Crippen molar-refractivity contribution in [3.63, 3.8) is 0 Å². The molecule has 0 bridgehead atoms. The van der Waals surface area contributed by atoms with Gasteiger partial charge in [-0.1, -0.05) is 6.07 Å². The molecule has 10 heteroatoms. The molecular weight excluding hydrogens is 462 g/mol. The van der Waals surface area contributed by atoms with E-state index in [-0.39, 0.29) is 18.3 Å². The third kappa shape index (κ3) is 7.96. The number of amides is 2. The number of carbonyl (C=O) groups is 2. The minimum atomic E-state index is -0.479. The Morgan fingerprint density at radius 3 is 2.28 bits per heavy atom. The van der Waals surface area contributed by atoms with E-state index in [1.54, 1.807) is 37.4 Å². The van der Waals surface area contributed by atoms with Gasteiger partial charge in [-0.05, 0) is 77.0 Å². The molecular formula is C19H20BrN3O5S. The van der Waals surface area contributed by atoms with Crippen LogP contribution >= 0.6 is 28.1 Å². The number of hydrazine groups is 1. The van der Waals surface area contributed by atoms with Gasteiger partial charge < -0.3 is 14.2 Å². The number of hydrogen-bond donors (Lipinski definition) is 3. The number of halogens is 1. The first-order valence-electron chi connectivity index (χ1n) is 8.42. The number of hydrogen-bond acceptors (Lipinski definition) is 6. The van der Waals surface area contributed by atoms with Gasteiger partial charge in [0.25, 0.3) is 11.8 Å². The minimum absolute atomic E-state index is 0.0711. The van der Waals surface area contributed by atoms with E-state index >= 15 is 0 Å². The normalized spacial score (nSPS) is 9.90. The van der Waals surface area contributed by atoms with Crippen LogP contribution in [0.5, 0.6) is 17.2 Å². The molecule has 0 unspecified atom stereocenters. The molecule has 0 aliphatic rings. The second-order valence-electron chi connectivity index (χ2n) is 5.74. The highest BCUT2D eigenvalue weighted by atomic mass is 79.9. The Balaban J connectivity index is 1.66. The van der Waals surface area contributed by atoms with Gasteiger partial charge in [0.2, 0.25) is 0 Å². The summed E-state index contributed by atoms with van der Waals surface area (Å²) >= 11 is 8.31. The maximum Gasteiger partial charge on any atom is 0.276 e. The van der Waals surface area contributed by atoms with Crippen molar-refractivity contribution in [3.8, 4) is 17.2 Å². The summed E-state index contributed by atoms with van der Waals surface area (Å²) in [6.07, 6.45) is 0. The summed E-state index contributed by atoms with van der Waals surface area (Å²) < 4.78 is 16.5.